The minimum Gasteiger partial charge on any atom is -0.382 e. The second-order valence-electron chi connectivity index (χ2n) is 4.15. The van der Waals surface area contributed by atoms with Gasteiger partial charge in [-0.1, -0.05) is 32.6 Å². The standard InChI is InChI=1S/C12H23N3/c1-4-5-6-7-8-9-13-12-10(2)14-15-11(12)3/h13H,4-9H2,1-3H3,(H,14,15). The Morgan fingerprint density at radius 2 is 1.87 bits per heavy atom. The van der Waals surface area contributed by atoms with Crippen molar-refractivity contribution >= 4 is 5.69 Å². The summed E-state index contributed by atoms with van der Waals surface area (Å²) in [4.78, 5) is 0. The molecule has 3 nitrogen and oxygen atoms in total. The van der Waals surface area contributed by atoms with Crippen LogP contribution in [0.4, 0.5) is 5.69 Å². The summed E-state index contributed by atoms with van der Waals surface area (Å²) in [6, 6.07) is 0. The molecule has 2 N–H and O–H groups in total. The summed E-state index contributed by atoms with van der Waals surface area (Å²) in [5, 5.41) is 10.6. The SMILES string of the molecule is CCCCCCCNc1c(C)n[nH]c1C. The fourth-order valence-electron chi connectivity index (χ4n) is 1.75. The number of aromatic nitrogens is 2. The van der Waals surface area contributed by atoms with Crippen LogP contribution in [0, 0.1) is 13.8 Å². The minimum absolute atomic E-state index is 1.06. The van der Waals surface area contributed by atoms with Crippen molar-refractivity contribution in [1.82, 2.24) is 10.2 Å². The van der Waals surface area contributed by atoms with Crippen molar-refractivity contribution in [3.8, 4) is 0 Å². The molecular weight excluding hydrogens is 186 g/mol. The Kier molecular flexibility index (Phi) is 5.22. The Balaban J connectivity index is 2.15. The quantitative estimate of drug-likeness (QED) is 0.676. The van der Waals surface area contributed by atoms with Gasteiger partial charge in [0.05, 0.1) is 17.1 Å². The van der Waals surface area contributed by atoms with Crippen molar-refractivity contribution < 1.29 is 0 Å². The number of hydrogen-bond acceptors (Lipinski definition) is 2. The van der Waals surface area contributed by atoms with Crippen LogP contribution in [-0.4, -0.2) is 16.7 Å². The molecule has 1 aromatic heterocycles. The van der Waals surface area contributed by atoms with Crippen LogP contribution in [0.15, 0.2) is 0 Å². The average molecular weight is 209 g/mol. The van der Waals surface area contributed by atoms with Crippen molar-refractivity contribution in [2.24, 2.45) is 0 Å². The molecule has 0 unspecified atom stereocenters. The highest BCUT2D eigenvalue weighted by atomic mass is 15.1. The fraction of sp³-hybridized carbons (Fsp3) is 0.750. The van der Waals surface area contributed by atoms with Crippen LogP contribution in [0.3, 0.4) is 0 Å². The molecule has 1 rings (SSSR count). The van der Waals surface area contributed by atoms with Crippen LogP contribution in [0.1, 0.15) is 50.4 Å². The molecule has 0 aromatic carbocycles. The number of nitrogens with zero attached hydrogens (tertiary/aromatic N) is 1. The van der Waals surface area contributed by atoms with Gasteiger partial charge in [0, 0.05) is 6.54 Å². The van der Waals surface area contributed by atoms with Gasteiger partial charge in [0.25, 0.3) is 0 Å². The van der Waals surface area contributed by atoms with Gasteiger partial charge >= 0.3 is 0 Å². The third kappa shape index (κ3) is 3.94. The monoisotopic (exact) mass is 209 g/mol. The highest BCUT2D eigenvalue weighted by Crippen LogP contribution is 2.16. The maximum Gasteiger partial charge on any atom is 0.0825 e. The third-order valence-corrected chi connectivity index (χ3v) is 2.71. The molecule has 1 heterocycles. The molecule has 0 spiro atoms. The Labute approximate surface area is 92.7 Å². The molecule has 0 aliphatic heterocycles. The van der Waals surface area contributed by atoms with Gasteiger partial charge in [0.15, 0.2) is 0 Å². The summed E-state index contributed by atoms with van der Waals surface area (Å²) in [6.07, 6.45) is 6.62. The number of hydrogen-bond donors (Lipinski definition) is 2. The summed E-state index contributed by atoms with van der Waals surface area (Å²) in [6.45, 7) is 7.39. The zero-order chi connectivity index (χ0) is 11.1. The minimum atomic E-state index is 1.06. The molecule has 0 aliphatic rings. The van der Waals surface area contributed by atoms with Gasteiger partial charge in [-0.3, -0.25) is 5.10 Å². The van der Waals surface area contributed by atoms with Crippen molar-refractivity contribution in [3.63, 3.8) is 0 Å². The largest absolute Gasteiger partial charge is 0.382 e. The van der Waals surface area contributed by atoms with E-state index in [-0.39, 0.29) is 0 Å². The molecule has 0 saturated carbocycles. The zero-order valence-electron chi connectivity index (χ0n) is 10.2. The average Bonchev–Trinajstić information content (AvgIpc) is 2.54. The Morgan fingerprint density at radius 3 is 2.47 bits per heavy atom. The first-order valence-electron chi connectivity index (χ1n) is 6.01. The third-order valence-electron chi connectivity index (χ3n) is 2.71. The Morgan fingerprint density at radius 1 is 1.13 bits per heavy atom. The van der Waals surface area contributed by atoms with Crippen molar-refractivity contribution in [1.29, 1.82) is 0 Å². The molecule has 3 heteroatoms. The van der Waals surface area contributed by atoms with Crippen LogP contribution >= 0.6 is 0 Å². The maximum absolute atomic E-state index is 4.16. The van der Waals surface area contributed by atoms with Gasteiger partial charge in [0.2, 0.25) is 0 Å². The summed E-state index contributed by atoms with van der Waals surface area (Å²) in [5.74, 6) is 0. The molecule has 0 amide bonds. The predicted molar refractivity (Wildman–Crippen MR) is 65.3 cm³/mol. The van der Waals surface area contributed by atoms with Crippen molar-refractivity contribution in [2.75, 3.05) is 11.9 Å². The number of rotatable bonds is 7. The predicted octanol–water partition coefficient (Wildman–Crippen LogP) is 3.41. The lowest BCUT2D eigenvalue weighted by Gasteiger charge is -2.05. The van der Waals surface area contributed by atoms with E-state index in [1.54, 1.807) is 0 Å². The van der Waals surface area contributed by atoms with Gasteiger partial charge in [-0.25, -0.2) is 0 Å². The smallest absolute Gasteiger partial charge is 0.0825 e. The molecule has 0 aliphatic carbocycles. The summed E-state index contributed by atoms with van der Waals surface area (Å²) >= 11 is 0. The first-order valence-corrected chi connectivity index (χ1v) is 6.01. The first kappa shape index (κ1) is 12.1. The lowest BCUT2D eigenvalue weighted by Crippen LogP contribution is -2.02. The van der Waals surface area contributed by atoms with E-state index in [0.29, 0.717) is 0 Å². The van der Waals surface area contributed by atoms with E-state index in [4.69, 9.17) is 0 Å². The number of H-pyrrole nitrogens is 1. The fourth-order valence-corrected chi connectivity index (χ4v) is 1.75. The molecule has 86 valence electrons. The number of nitrogens with one attached hydrogen (secondary N) is 2. The normalized spacial score (nSPS) is 10.6. The zero-order valence-corrected chi connectivity index (χ0v) is 10.2. The molecule has 0 radical (unpaired) electrons. The van der Waals surface area contributed by atoms with E-state index in [1.165, 1.54) is 37.8 Å². The number of anilines is 1. The lowest BCUT2D eigenvalue weighted by molar-refractivity contribution is 0.645. The van der Waals surface area contributed by atoms with Crippen LogP contribution < -0.4 is 5.32 Å². The van der Waals surface area contributed by atoms with E-state index < -0.39 is 0 Å². The van der Waals surface area contributed by atoms with E-state index in [0.717, 1.165) is 17.9 Å². The molecule has 0 atom stereocenters. The van der Waals surface area contributed by atoms with Crippen LogP contribution in [0.5, 0.6) is 0 Å². The van der Waals surface area contributed by atoms with Gasteiger partial charge in [-0.2, -0.15) is 5.10 Å². The Hall–Kier alpha value is -0.990. The highest BCUT2D eigenvalue weighted by Gasteiger charge is 2.03. The molecule has 0 saturated heterocycles. The first-order chi connectivity index (χ1) is 7.25. The maximum atomic E-state index is 4.16. The van der Waals surface area contributed by atoms with Crippen LogP contribution in [0.2, 0.25) is 0 Å². The highest BCUT2D eigenvalue weighted by molar-refractivity contribution is 5.51. The summed E-state index contributed by atoms with van der Waals surface area (Å²) < 4.78 is 0. The topological polar surface area (TPSA) is 40.7 Å². The van der Waals surface area contributed by atoms with Crippen molar-refractivity contribution in [3.05, 3.63) is 11.4 Å². The van der Waals surface area contributed by atoms with Gasteiger partial charge in [-0.15, -0.1) is 0 Å². The van der Waals surface area contributed by atoms with Crippen LogP contribution in [0.25, 0.3) is 0 Å². The number of unbranched alkanes of at least 4 members (excludes halogenated alkanes) is 4. The van der Waals surface area contributed by atoms with E-state index in [2.05, 4.69) is 29.4 Å². The number of aryl methyl sites for hydroxylation is 2. The Bertz CT molecular complexity index is 259. The molecule has 0 fully saturated rings. The number of aromatic amines is 1. The molecule has 0 bridgehead atoms. The second-order valence-corrected chi connectivity index (χ2v) is 4.15. The van der Waals surface area contributed by atoms with Gasteiger partial charge in [0.1, 0.15) is 0 Å². The van der Waals surface area contributed by atoms with E-state index in [9.17, 15) is 0 Å². The van der Waals surface area contributed by atoms with Gasteiger partial charge in [-0.05, 0) is 20.3 Å². The van der Waals surface area contributed by atoms with Crippen LogP contribution in [-0.2, 0) is 0 Å². The molecule has 1 aromatic rings. The van der Waals surface area contributed by atoms with Crippen molar-refractivity contribution in [2.45, 2.75) is 52.9 Å². The lowest BCUT2D eigenvalue weighted by atomic mass is 10.1. The molecular formula is C12H23N3. The molecule has 15 heavy (non-hydrogen) atoms. The summed E-state index contributed by atoms with van der Waals surface area (Å²) in [5.41, 5.74) is 3.40. The summed E-state index contributed by atoms with van der Waals surface area (Å²) in [7, 11) is 0. The van der Waals surface area contributed by atoms with E-state index >= 15 is 0 Å². The second kappa shape index (κ2) is 6.49. The van der Waals surface area contributed by atoms with E-state index in [1.807, 2.05) is 6.92 Å². The van der Waals surface area contributed by atoms with Gasteiger partial charge < -0.3 is 5.32 Å².